The Labute approximate surface area is 122 Å². The third-order valence-corrected chi connectivity index (χ3v) is 5.58. The molecular weight excluding hydrogens is 246 g/mol. The van der Waals surface area contributed by atoms with E-state index in [-0.39, 0.29) is 6.10 Å². The van der Waals surface area contributed by atoms with Crippen molar-refractivity contribution < 1.29 is 5.11 Å². The van der Waals surface area contributed by atoms with Crippen LogP contribution in [0.5, 0.6) is 0 Å². The maximum Gasteiger partial charge on any atom is 0.0555 e. The van der Waals surface area contributed by atoms with Crippen LogP contribution in [0.1, 0.15) is 50.5 Å². The number of hydrogen-bond donors (Lipinski definition) is 1. The van der Waals surface area contributed by atoms with Gasteiger partial charge in [0.1, 0.15) is 0 Å². The summed E-state index contributed by atoms with van der Waals surface area (Å²) in [4.78, 5) is 2.50. The predicted molar refractivity (Wildman–Crippen MR) is 82.5 cm³/mol. The molecule has 0 saturated heterocycles. The zero-order valence-corrected chi connectivity index (χ0v) is 12.6. The van der Waals surface area contributed by atoms with Crippen LogP contribution in [0.25, 0.3) is 0 Å². The van der Waals surface area contributed by atoms with Crippen molar-refractivity contribution >= 4 is 0 Å². The first kappa shape index (κ1) is 14.1. The maximum atomic E-state index is 10.1. The smallest absolute Gasteiger partial charge is 0.0555 e. The van der Waals surface area contributed by atoms with E-state index < -0.39 is 0 Å². The van der Waals surface area contributed by atoms with Gasteiger partial charge in [-0.2, -0.15) is 0 Å². The molecule has 2 aliphatic rings. The van der Waals surface area contributed by atoms with Gasteiger partial charge in [0.2, 0.25) is 0 Å². The molecule has 0 heterocycles. The molecule has 0 aliphatic heterocycles. The van der Waals surface area contributed by atoms with Gasteiger partial charge in [0.25, 0.3) is 0 Å². The van der Waals surface area contributed by atoms with Gasteiger partial charge in [-0.3, -0.25) is 4.90 Å². The van der Waals surface area contributed by atoms with Crippen LogP contribution in [-0.2, 0) is 6.54 Å². The van der Waals surface area contributed by atoms with Crippen molar-refractivity contribution in [2.45, 2.75) is 63.6 Å². The molecule has 0 amide bonds. The number of hydrogen-bond acceptors (Lipinski definition) is 2. The van der Waals surface area contributed by atoms with Gasteiger partial charge in [-0.1, -0.05) is 43.2 Å². The lowest BCUT2D eigenvalue weighted by atomic mass is 9.67. The molecule has 2 nitrogen and oxygen atoms in total. The van der Waals surface area contributed by atoms with E-state index in [1.807, 2.05) is 0 Å². The molecule has 2 aliphatic carbocycles. The Balaban J connectivity index is 1.74. The Kier molecular flexibility index (Phi) is 4.13. The summed E-state index contributed by atoms with van der Waals surface area (Å²) in [5, 5.41) is 10.1. The van der Waals surface area contributed by atoms with Crippen molar-refractivity contribution in [2.75, 3.05) is 7.05 Å². The molecule has 2 saturated carbocycles. The van der Waals surface area contributed by atoms with Crippen LogP contribution < -0.4 is 0 Å². The average molecular weight is 273 g/mol. The van der Waals surface area contributed by atoms with Crippen LogP contribution >= 0.6 is 0 Å². The first-order valence-corrected chi connectivity index (χ1v) is 8.12. The molecule has 2 heteroatoms. The van der Waals surface area contributed by atoms with E-state index in [0.717, 1.165) is 19.4 Å². The van der Waals surface area contributed by atoms with Crippen molar-refractivity contribution in [3.05, 3.63) is 35.9 Å². The summed E-state index contributed by atoms with van der Waals surface area (Å²) < 4.78 is 0. The highest BCUT2D eigenvalue weighted by Crippen LogP contribution is 2.50. The highest BCUT2D eigenvalue weighted by atomic mass is 16.3. The lowest BCUT2D eigenvalue weighted by Gasteiger charge is -2.47. The summed E-state index contributed by atoms with van der Waals surface area (Å²) in [5.41, 5.74) is 1.87. The summed E-state index contributed by atoms with van der Waals surface area (Å²) in [7, 11) is 2.25. The van der Waals surface area contributed by atoms with E-state index in [2.05, 4.69) is 42.3 Å². The fourth-order valence-electron chi connectivity index (χ4n) is 4.54. The average Bonchev–Trinajstić information content (AvgIpc) is 2.92. The lowest BCUT2D eigenvalue weighted by molar-refractivity contribution is -0.0196. The third-order valence-electron chi connectivity index (χ3n) is 5.58. The molecule has 3 rings (SSSR count). The molecule has 110 valence electrons. The minimum absolute atomic E-state index is 0.0931. The lowest BCUT2D eigenvalue weighted by Crippen LogP contribution is -2.49. The van der Waals surface area contributed by atoms with Gasteiger partial charge in [-0.05, 0) is 50.1 Å². The van der Waals surface area contributed by atoms with Crippen molar-refractivity contribution in [3.8, 4) is 0 Å². The monoisotopic (exact) mass is 273 g/mol. The molecule has 0 radical (unpaired) electrons. The minimum atomic E-state index is -0.0931. The number of nitrogens with zero attached hydrogens (tertiary/aromatic N) is 1. The number of aliphatic hydroxyl groups excluding tert-OH is 1. The van der Waals surface area contributed by atoms with Crippen LogP contribution in [-0.4, -0.2) is 29.2 Å². The molecule has 2 unspecified atom stereocenters. The van der Waals surface area contributed by atoms with Crippen LogP contribution in [0.3, 0.4) is 0 Å². The summed E-state index contributed by atoms with van der Waals surface area (Å²) in [6, 6.07) is 11.3. The molecular formula is C18H27NO. The van der Waals surface area contributed by atoms with Gasteiger partial charge in [0, 0.05) is 12.6 Å². The van der Waals surface area contributed by atoms with Crippen LogP contribution in [0.15, 0.2) is 30.3 Å². The highest BCUT2D eigenvalue weighted by Gasteiger charge is 2.46. The Morgan fingerprint density at radius 1 is 1.15 bits per heavy atom. The van der Waals surface area contributed by atoms with Crippen molar-refractivity contribution in [3.63, 3.8) is 0 Å². The molecule has 1 aromatic carbocycles. The fourth-order valence-corrected chi connectivity index (χ4v) is 4.54. The quantitative estimate of drug-likeness (QED) is 0.909. The Morgan fingerprint density at radius 2 is 1.85 bits per heavy atom. The van der Waals surface area contributed by atoms with E-state index >= 15 is 0 Å². The fraction of sp³-hybridized carbons (Fsp3) is 0.667. The molecule has 0 bridgehead atoms. The van der Waals surface area contributed by atoms with Gasteiger partial charge in [0.05, 0.1) is 6.10 Å². The second-order valence-corrected chi connectivity index (χ2v) is 6.91. The third kappa shape index (κ3) is 2.77. The largest absolute Gasteiger partial charge is 0.393 e. The second kappa shape index (κ2) is 5.87. The second-order valence-electron chi connectivity index (χ2n) is 6.91. The summed E-state index contributed by atoms with van der Waals surface area (Å²) in [5.74, 6) is 0. The SMILES string of the molecule is CN(Cc1ccccc1)C1CC(O)CCC12CCCC2. The van der Waals surface area contributed by atoms with E-state index in [1.165, 1.54) is 37.7 Å². The molecule has 1 N–H and O–H groups in total. The molecule has 2 atom stereocenters. The maximum absolute atomic E-state index is 10.1. The van der Waals surface area contributed by atoms with E-state index in [0.29, 0.717) is 11.5 Å². The zero-order chi connectivity index (χ0) is 14.0. The van der Waals surface area contributed by atoms with Crippen molar-refractivity contribution in [2.24, 2.45) is 5.41 Å². The molecule has 1 aromatic rings. The minimum Gasteiger partial charge on any atom is -0.393 e. The van der Waals surface area contributed by atoms with E-state index in [9.17, 15) is 5.11 Å². The van der Waals surface area contributed by atoms with Crippen LogP contribution in [0.2, 0.25) is 0 Å². The van der Waals surface area contributed by atoms with Crippen LogP contribution in [0.4, 0.5) is 0 Å². The van der Waals surface area contributed by atoms with Gasteiger partial charge in [-0.25, -0.2) is 0 Å². The molecule has 2 fully saturated rings. The van der Waals surface area contributed by atoms with Gasteiger partial charge < -0.3 is 5.11 Å². The molecule has 20 heavy (non-hydrogen) atoms. The number of aliphatic hydroxyl groups is 1. The zero-order valence-electron chi connectivity index (χ0n) is 12.6. The standard InChI is InChI=1S/C18H27NO/c1-19(14-15-7-3-2-4-8-15)17-13-16(20)9-12-18(17)10-5-6-11-18/h2-4,7-8,16-17,20H,5-6,9-14H2,1H3. The summed E-state index contributed by atoms with van der Waals surface area (Å²) >= 11 is 0. The summed E-state index contributed by atoms with van der Waals surface area (Å²) in [6.45, 7) is 1.000. The Bertz CT molecular complexity index is 424. The normalized spacial score (nSPS) is 29.1. The Morgan fingerprint density at radius 3 is 2.55 bits per heavy atom. The van der Waals surface area contributed by atoms with E-state index in [4.69, 9.17) is 0 Å². The molecule has 0 aromatic heterocycles. The predicted octanol–water partition coefficient (Wildman–Crippen LogP) is 3.59. The first-order chi connectivity index (χ1) is 9.70. The molecule has 1 spiro atoms. The highest BCUT2D eigenvalue weighted by molar-refractivity contribution is 5.15. The van der Waals surface area contributed by atoms with Gasteiger partial charge in [-0.15, -0.1) is 0 Å². The first-order valence-electron chi connectivity index (χ1n) is 8.12. The topological polar surface area (TPSA) is 23.5 Å². The van der Waals surface area contributed by atoms with Gasteiger partial charge >= 0.3 is 0 Å². The van der Waals surface area contributed by atoms with Gasteiger partial charge in [0.15, 0.2) is 0 Å². The van der Waals surface area contributed by atoms with Crippen molar-refractivity contribution in [1.29, 1.82) is 0 Å². The Hall–Kier alpha value is -0.860. The number of rotatable bonds is 3. The van der Waals surface area contributed by atoms with E-state index in [1.54, 1.807) is 0 Å². The van der Waals surface area contributed by atoms with Crippen LogP contribution in [0, 0.1) is 5.41 Å². The number of benzene rings is 1. The van der Waals surface area contributed by atoms with Crippen molar-refractivity contribution in [1.82, 2.24) is 4.90 Å². The summed E-state index contributed by atoms with van der Waals surface area (Å²) in [6.07, 6.45) is 8.59.